The highest BCUT2D eigenvalue weighted by molar-refractivity contribution is 5.98. The van der Waals surface area contributed by atoms with Crippen molar-refractivity contribution in [3.63, 3.8) is 0 Å². The van der Waals surface area contributed by atoms with E-state index in [2.05, 4.69) is 10.1 Å². The van der Waals surface area contributed by atoms with Gasteiger partial charge in [0.1, 0.15) is 5.75 Å². The van der Waals surface area contributed by atoms with Gasteiger partial charge in [0.2, 0.25) is 0 Å². The minimum absolute atomic E-state index is 0.625. The van der Waals surface area contributed by atoms with Crippen molar-refractivity contribution in [2.45, 2.75) is 26.3 Å². The van der Waals surface area contributed by atoms with Crippen LogP contribution in [-0.2, 0) is 6.54 Å². The molecule has 0 atom stereocenters. The number of ether oxygens (including phenoxy) is 1. The average Bonchev–Trinajstić information content (AvgIpc) is 2.90. The molecule has 1 fully saturated rings. The summed E-state index contributed by atoms with van der Waals surface area (Å²) in [6, 6.07) is 5.91. The molecule has 1 saturated heterocycles. The van der Waals surface area contributed by atoms with Gasteiger partial charge in [-0.2, -0.15) is 0 Å². The van der Waals surface area contributed by atoms with E-state index < -0.39 is 0 Å². The molecule has 4 nitrogen and oxygen atoms in total. The number of rotatable bonds is 4. The molecule has 1 aromatic carbocycles. The van der Waals surface area contributed by atoms with Gasteiger partial charge in [0.05, 0.1) is 12.8 Å². The summed E-state index contributed by atoms with van der Waals surface area (Å²) in [7, 11) is 1.69. The van der Waals surface area contributed by atoms with Crippen molar-refractivity contribution in [3.8, 4) is 5.75 Å². The van der Waals surface area contributed by atoms with Gasteiger partial charge in [-0.15, -0.1) is 0 Å². The molecule has 4 heteroatoms. The van der Waals surface area contributed by atoms with Gasteiger partial charge in [0.15, 0.2) is 0 Å². The molecular formula is C14H20N2O2. The van der Waals surface area contributed by atoms with E-state index in [4.69, 9.17) is 9.94 Å². The van der Waals surface area contributed by atoms with E-state index in [0.29, 0.717) is 5.71 Å². The summed E-state index contributed by atoms with van der Waals surface area (Å²) < 4.78 is 5.39. The van der Waals surface area contributed by atoms with Crippen molar-refractivity contribution < 1.29 is 9.94 Å². The SMILES string of the molecule is COc1ccc(/C(C)=N/O)cc1CN1CCCC1. The predicted molar refractivity (Wildman–Crippen MR) is 71.5 cm³/mol. The third kappa shape index (κ3) is 2.82. The van der Waals surface area contributed by atoms with Crippen molar-refractivity contribution in [2.24, 2.45) is 5.16 Å². The van der Waals surface area contributed by atoms with Crippen LogP contribution < -0.4 is 4.74 Å². The van der Waals surface area contributed by atoms with Crippen LogP contribution in [0, 0.1) is 0 Å². The fraction of sp³-hybridized carbons (Fsp3) is 0.500. The Hall–Kier alpha value is -1.55. The van der Waals surface area contributed by atoms with Gasteiger partial charge in [0.25, 0.3) is 0 Å². The highest BCUT2D eigenvalue weighted by Crippen LogP contribution is 2.23. The summed E-state index contributed by atoms with van der Waals surface area (Å²) in [4.78, 5) is 2.42. The van der Waals surface area contributed by atoms with E-state index in [1.807, 2.05) is 18.2 Å². The second kappa shape index (κ2) is 5.87. The van der Waals surface area contributed by atoms with Crippen LogP contribution in [0.2, 0.25) is 0 Å². The van der Waals surface area contributed by atoms with Crippen molar-refractivity contribution in [1.29, 1.82) is 0 Å². The van der Waals surface area contributed by atoms with Crippen molar-refractivity contribution in [1.82, 2.24) is 4.90 Å². The van der Waals surface area contributed by atoms with Crippen molar-refractivity contribution in [2.75, 3.05) is 20.2 Å². The van der Waals surface area contributed by atoms with Crippen LogP contribution >= 0.6 is 0 Å². The normalized spacial score (nSPS) is 17.1. The van der Waals surface area contributed by atoms with Crippen LogP contribution in [0.3, 0.4) is 0 Å². The summed E-state index contributed by atoms with van der Waals surface area (Å²) in [5.74, 6) is 0.899. The maximum absolute atomic E-state index is 8.84. The molecule has 0 amide bonds. The Morgan fingerprint density at radius 2 is 2.11 bits per heavy atom. The van der Waals surface area contributed by atoms with Crippen LogP contribution in [-0.4, -0.2) is 36.0 Å². The molecule has 0 spiro atoms. The van der Waals surface area contributed by atoms with Crippen LogP contribution in [0.4, 0.5) is 0 Å². The van der Waals surface area contributed by atoms with Gasteiger partial charge < -0.3 is 9.94 Å². The molecule has 0 bridgehead atoms. The Bertz CT molecular complexity index is 437. The lowest BCUT2D eigenvalue weighted by molar-refractivity contribution is 0.318. The highest BCUT2D eigenvalue weighted by atomic mass is 16.5. The topological polar surface area (TPSA) is 45.1 Å². The zero-order valence-electron chi connectivity index (χ0n) is 11.0. The lowest BCUT2D eigenvalue weighted by Crippen LogP contribution is -2.19. The summed E-state index contributed by atoms with van der Waals surface area (Å²) in [6.45, 7) is 5.00. The molecule has 98 valence electrons. The minimum atomic E-state index is 0.625. The lowest BCUT2D eigenvalue weighted by atomic mass is 10.1. The summed E-state index contributed by atoms with van der Waals surface area (Å²) in [5.41, 5.74) is 2.72. The second-order valence-electron chi connectivity index (χ2n) is 4.70. The first-order valence-corrected chi connectivity index (χ1v) is 6.33. The van der Waals surface area contributed by atoms with E-state index in [0.717, 1.165) is 36.5 Å². The maximum atomic E-state index is 8.84. The standard InChI is InChI=1S/C14H20N2O2/c1-11(15-17)12-5-6-14(18-2)13(9-12)10-16-7-3-4-8-16/h5-6,9,17H,3-4,7-8,10H2,1-2H3/b15-11+. The molecule has 2 rings (SSSR count). The number of hydrogen-bond donors (Lipinski definition) is 1. The van der Waals surface area contributed by atoms with Crippen LogP contribution in [0.15, 0.2) is 23.4 Å². The quantitative estimate of drug-likeness (QED) is 0.506. The molecule has 1 heterocycles. The van der Waals surface area contributed by atoms with Gasteiger partial charge in [0, 0.05) is 12.1 Å². The second-order valence-corrected chi connectivity index (χ2v) is 4.70. The predicted octanol–water partition coefficient (Wildman–Crippen LogP) is 2.49. The zero-order chi connectivity index (χ0) is 13.0. The van der Waals surface area contributed by atoms with Crippen LogP contribution in [0.25, 0.3) is 0 Å². The number of oxime groups is 1. The van der Waals surface area contributed by atoms with Crippen molar-refractivity contribution >= 4 is 5.71 Å². The smallest absolute Gasteiger partial charge is 0.123 e. The van der Waals surface area contributed by atoms with Crippen LogP contribution in [0.5, 0.6) is 5.75 Å². The minimum Gasteiger partial charge on any atom is -0.496 e. The van der Waals surface area contributed by atoms with E-state index in [9.17, 15) is 0 Å². The third-order valence-electron chi connectivity index (χ3n) is 3.44. The molecule has 0 aromatic heterocycles. The van der Waals surface area contributed by atoms with Gasteiger partial charge in [-0.3, -0.25) is 4.90 Å². The number of methoxy groups -OCH3 is 1. The Balaban J connectivity index is 2.24. The van der Waals surface area contributed by atoms with E-state index in [1.54, 1.807) is 14.0 Å². The van der Waals surface area contributed by atoms with Crippen molar-refractivity contribution in [3.05, 3.63) is 29.3 Å². The van der Waals surface area contributed by atoms with E-state index in [1.165, 1.54) is 12.8 Å². The molecule has 1 aliphatic rings. The Kier molecular flexibility index (Phi) is 4.20. The van der Waals surface area contributed by atoms with E-state index in [-0.39, 0.29) is 0 Å². The molecule has 1 N–H and O–H groups in total. The molecule has 0 unspecified atom stereocenters. The number of nitrogens with zero attached hydrogens (tertiary/aromatic N) is 2. The fourth-order valence-corrected chi connectivity index (χ4v) is 2.37. The molecule has 1 aromatic rings. The molecule has 18 heavy (non-hydrogen) atoms. The van der Waals surface area contributed by atoms with Crippen LogP contribution in [0.1, 0.15) is 30.9 Å². The fourth-order valence-electron chi connectivity index (χ4n) is 2.37. The molecule has 1 aliphatic heterocycles. The summed E-state index contributed by atoms with van der Waals surface area (Å²) in [6.07, 6.45) is 2.55. The Labute approximate surface area is 108 Å². The third-order valence-corrected chi connectivity index (χ3v) is 3.44. The molecular weight excluding hydrogens is 228 g/mol. The van der Waals surface area contributed by atoms with E-state index >= 15 is 0 Å². The first-order valence-electron chi connectivity index (χ1n) is 6.33. The zero-order valence-corrected chi connectivity index (χ0v) is 11.0. The average molecular weight is 248 g/mol. The molecule has 0 aliphatic carbocycles. The van der Waals surface area contributed by atoms with Gasteiger partial charge in [-0.05, 0) is 56.6 Å². The largest absolute Gasteiger partial charge is 0.496 e. The number of hydrogen-bond acceptors (Lipinski definition) is 4. The first kappa shape index (κ1) is 12.9. The Morgan fingerprint density at radius 3 is 2.72 bits per heavy atom. The monoisotopic (exact) mass is 248 g/mol. The van der Waals surface area contributed by atoms with Gasteiger partial charge >= 0.3 is 0 Å². The molecule has 0 radical (unpaired) electrons. The number of benzene rings is 1. The lowest BCUT2D eigenvalue weighted by Gasteiger charge is -2.17. The number of likely N-dealkylation sites (tertiary alicyclic amines) is 1. The Morgan fingerprint density at radius 1 is 1.39 bits per heavy atom. The van der Waals surface area contributed by atoms with Gasteiger partial charge in [-0.25, -0.2) is 0 Å². The summed E-state index contributed by atoms with van der Waals surface area (Å²) >= 11 is 0. The molecule has 0 saturated carbocycles. The highest BCUT2D eigenvalue weighted by Gasteiger charge is 2.15. The van der Waals surface area contributed by atoms with Gasteiger partial charge in [-0.1, -0.05) is 5.16 Å². The maximum Gasteiger partial charge on any atom is 0.123 e. The first-order chi connectivity index (χ1) is 8.74. The summed E-state index contributed by atoms with van der Waals surface area (Å²) in [5, 5.41) is 12.1.